The van der Waals surface area contributed by atoms with Crippen LogP contribution in [0.1, 0.15) is 27.7 Å². The van der Waals surface area contributed by atoms with Crippen LogP contribution in [0.5, 0.6) is 0 Å². The summed E-state index contributed by atoms with van der Waals surface area (Å²) >= 11 is 0. The highest BCUT2D eigenvalue weighted by Gasteiger charge is 2.20. The Hall–Kier alpha value is -0.850. The van der Waals surface area contributed by atoms with Crippen LogP contribution in [0.4, 0.5) is 0 Å². The number of aliphatic imine (C=N–C) groups is 1. The zero-order chi connectivity index (χ0) is 16.2. The van der Waals surface area contributed by atoms with Gasteiger partial charge < -0.3 is 20.1 Å². The smallest absolute Gasteiger partial charge is 0.191 e. The van der Waals surface area contributed by atoms with E-state index < -0.39 is 0 Å². The summed E-state index contributed by atoms with van der Waals surface area (Å²) < 4.78 is 11.2. The molecule has 1 rings (SSSR count). The van der Waals surface area contributed by atoms with Crippen molar-refractivity contribution >= 4 is 5.96 Å². The maximum absolute atomic E-state index is 5.83. The number of hydrogen-bond donors (Lipinski definition) is 2. The number of nitrogens with one attached hydrogen (secondary N) is 2. The summed E-state index contributed by atoms with van der Waals surface area (Å²) in [6, 6.07) is 0. The molecule has 1 fully saturated rings. The lowest BCUT2D eigenvalue weighted by Gasteiger charge is -2.33. The van der Waals surface area contributed by atoms with Gasteiger partial charge in [-0.15, -0.1) is 0 Å². The van der Waals surface area contributed by atoms with E-state index in [9.17, 15) is 0 Å². The molecule has 2 N–H and O–H groups in total. The summed E-state index contributed by atoms with van der Waals surface area (Å²) in [6.07, 6.45) is 0.190. The number of ether oxygens (including phenoxy) is 2. The second-order valence-electron chi connectivity index (χ2n) is 5.99. The van der Waals surface area contributed by atoms with Crippen molar-refractivity contribution in [2.75, 3.05) is 59.1 Å². The van der Waals surface area contributed by atoms with Gasteiger partial charge in [0.2, 0.25) is 0 Å². The zero-order valence-electron chi connectivity index (χ0n) is 14.7. The first-order valence-corrected chi connectivity index (χ1v) is 8.59. The molecule has 1 aliphatic heterocycles. The summed E-state index contributed by atoms with van der Waals surface area (Å²) in [4.78, 5) is 7.11. The molecule has 0 bridgehead atoms. The van der Waals surface area contributed by atoms with Crippen molar-refractivity contribution in [1.29, 1.82) is 0 Å². The molecule has 1 aliphatic rings. The molecular formula is C16H34N4O2. The van der Waals surface area contributed by atoms with Crippen LogP contribution in [0, 0.1) is 5.92 Å². The van der Waals surface area contributed by atoms with E-state index in [0.717, 1.165) is 51.9 Å². The summed E-state index contributed by atoms with van der Waals surface area (Å²) in [5.41, 5.74) is 0. The molecule has 1 unspecified atom stereocenters. The first-order chi connectivity index (χ1) is 10.7. The third-order valence-corrected chi connectivity index (χ3v) is 3.39. The number of rotatable bonds is 9. The Labute approximate surface area is 135 Å². The van der Waals surface area contributed by atoms with Crippen LogP contribution in [0.25, 0.3) is 0 Å². The van der Waals surface area contributed by atoms with Gasteiger partial charge in [-0.25, -0.2) is 0 Å². The quantitative estimate of drug-likeness (QED) is 0.377. The Balaban J connectivity index is 2.36. The van der Waals surface area contributed by atoms with Crippen molar-refractivity contribution < 1.29 is 9.47 Å². The standard InChI is InChI=1S/C16H34N4O2/c1-5-17-16(18-7-9-21-6-2)19-11-15-13-20(8-10-22-15)12-14(3)4/h14-15H,5-13H2,1-4H3,(H2,17,18,19). The number of guanidine groups is 1. The Morgan fingerprint density at radius 1 is 1.36 bits per heavy atom. The molecule has 22 heavy (non-hydrogen) atoms. The Morgan fingerprint density at radius 3 is 2.86 bits per heavy atom. The lowest BCUT2D eigenvalue weighted by molar-refractivity contribution is -0.0261. The zero-order valence-corrected chi connectivity index (χ0v) is 14.7. The van der Waals surface area contributed by atoms with E-state index in [1.807, 2.05) is 6.92 Å². The number of hydrogen-bond acceptors (Lipinski definition) is 4. The van der Waals surface area contributed by atoms with Crippen LogP contribution in [-0.4, -0.2) is 76.1 Å². The molecule has 130 valence electrons. The average molecular weight is 314 g/mol. The molecule has 1 atom stereocenters. The van der Waals surface area contributed by atoms with Gasteiger partial charge in [-0.2, -0.15) is 0 Å². The van der Waals surface area contributed by atoms with E-state index in [0.29, 0.717) is 19.1 Å². The molecule has 0 aromatic heterocycles. The fourth-order valence-electron chi connectivity index (χ4n) is 2.49. The van der Waals surface area contributed by atoms with Gasteiger partial charge in [-0.05, 0) is 19.8 Å². The lowest BCUT2D eigenvalue weighted by Crippen LogP contribution is -2.46. The second kappa shape index (κ2) is 11.7. The molecule has 0 radical (unpaired) electrons. The van der Waals surface area contributed by atoms with Gasteiger partial charge in [0.05, 0.1) is 25.9 Å². The first kappa shape index (κ1) is 19.2. The minimum Gasteiger partial charge on any atom is -0.380 e. The summed E-state index contributed by atoms with van der Waals surface area (Å²) in [5, 5.41) is 6.54. The van der Waals surface area contributed by atoms with Crippen molar-refractivity contribution in [3.63, 3.8) is 0 Å². The molecule has 0 aliphatic carbocycles. The van der Waals surface area contributed by atoms with Crippen molar-refractivity contribution in [2.45, 2.75) is 33.8 Å². The van der Waals surface area contributed by atoms with Gasteiger partial charge in [0.15, 0.2) is 5.96 Å². The van der Waals surface area contributed by atoms with E-state index in [-0.39, 0.29) is 6.10 Å². The average Bonchev–Trinajstić information content (AvgIpc) is 2.49. The van der Waals surface area contributed by atoms with Crippen LogP contribution in [-0.2, 0) is 9.47 Å². The van der Waals surface area contributed by atoms with E-state index >= 15 is 0 Å². The Morgan fingerprint density at radius 2 is 2.18 bits per heavy atom. The summed E-state index contributed by atoms with van der Waals surface area (Å²) in [5.74, 6) is 1.53. The van der Waals surface area contributed by atoms with Crippen molar-refractivity contribution in [1.82, 2.24) is 15.5 Å². The van der Waals surface area contributed by atoms with Crippen molar-refractivity contribution in [3.05, 3.63) is 0 Å². The van der Waals surface area contributed by atoms with Gasteiger partial charge in [-0.1, -0.05) is 13.8 Å². The molecule has 6 nitrogen and oxygen atoms in total. The fraction of sp³-hybridized carbons (Fsp3) is 0.938. The van der Waals surface area contributed by atoms with E-state index in [2.05, 4.69) is 41.3 Å². The van der Waals surface area contributed by atoms with Crippen molar-refractivity contribution in [3.8, 4) is 0 Å². The number of morpholine rings is 1. The normalized spacial score (nSPS) is 20.4. The highest BCUT2D eigenvalue weighted by atomic mass is 16.5. The molecule has 1 saturated heterocycles. The molecule has 1 heterocycles. The molecule has 0 spiro atoms. The Kier molecular flexibility index (Phi) is 10.2. The third kappa shape index (κ3) is 8.56. The second-order valence-corrected chi connectivity index (χ2v) is 5.99. The highest BCUT2D eigenvalue weighted by Crippen LogP contribution is 2.08. The number of nitrogens with zero attached hydrogens (tertiary/aromatic N) is 2. The monoisotopic (exact) mass is 314 g/mol. The summed E-state index contributed by atoms with van der Waals surface area (Å²) in [6.45, 7) is 16.3. The fourth-order valence-corrected chi connectivity index (χ4v) is 2.49. The van der Waals surface area contributed by atoms with E-state index in [1.54, 1.807) is 0 Å². The lowest BCUT2D eigenvalue weighted by atomic mass is 10.2. The minimum atomic E-state index is 0.190. The molecule has 0 saturated carbocycles. The topological polar surface area (TPSA) is 58.1 Å². The Bertz CT molecular complexity index is 311. The van der Waals surface area contributed by atoms with Crippen LogP contribution in [0.15, 0.2) is 4.99 Å². The molecule has 0 aromatic carbocycles. The van der Waals surface area contributed by atoms with Crippen molar-refractivity contribution in [2.24, 2.45) is 10.9 Å². The minimum absolute atomic E-state index is 0.190. The predicted octanol–water partition coefficient (Wildman–Crippen LogP) is 0.935. The largest absolute Gasteiger partial charge is 0.380 e. The third-order valence-electron chi connectivity index (χ3n) is 3.39. The van der Waals surface area contributed by atoms with Gasteiger partial charge in [0.25, 0.3) is 0 Å². The van der Waals surface area contributed by atoms with Gasteiger partial charge in [-0.3, -0.25) is 9.89 Å². The highest BCUT2D eigenvalue weighted by molar-refractivity contribution is 5.79. The van der Waals surface area contributed by atoms with Crippen LogP contribution < -0.4 is 10.6 Å². The SMILES string of the molecule is CCNC(=NCC1CN(CC(C)C)CCO1)NCCOCC. The maximum atomic E-state index is 5.83. The molecular weight excluding hydrogens is 280 g/mol. The van der Waals surface area contributed by atoms with Crippen LogP contribution in [0.2, 0.25) is 0 Å². The predicted molar refractivity (Wildman–Crippen MR) is 91.5 cm³/mol. The van der Waals surface area contributed by atoms with Gasteiger partial charge in [0.1, 0.15) is 0 Å². The molecule has 0 amide bonds. The van der Waals surface area contributed by atoms with E-state index in [4.69, 9.17) is 9.47 Å². The van der Waals surface area contributed by atoms with Gasteiger partial charge >= 0.3 is 0 Å². The van der Waals surface area contributed by atoms with Gasteiger partial charge in [0, 0.05) is 39.3 Å². The van der Waals surface area contributed by atoms with Crippen LogP contribution in [0.3, 0.4) is 0 Å². The van der Waals surface area contributed by atoms with E-state index in [1.165, 1.54) is 0 Å². The maximum Gasteiger partial charge on any atom is 0.191 e. The summed E-state index contributed by atoms with van der Waals surface area (Å²) in [7, 11) is 0. The van der Waals surface area contributed by atoms with Crippen LogP contribution >= 0.6 is 0 Å². The molecule has 0 aromatic rings. The molecule has 6 heteroatoms. The first-order valence-electron chi connectivity index (χ1n) is 8.59.